The van der Waals surface area contributed by atoms with Crippen molar-refractivity contribution < 1.29 is 14.3 Å². The number of hydrogen-bond acceptors (Lipinski definition) is 3. The van der Waals surface area contributed by atoms with Gasteiger partial charge < -0.3 is 9.52 Å². The lowest BCUT2D eigenvalue weighted by Gasteiger charge is -2.15. The molecule has 14 heavy (non-hydrogen) atoms. The van der Waals surface area contributed by atoms with E-state index >= 15 is 0 Å². The number of hydrogen-bond donors (Lipinski definition) is 1. The molecule has 1 N–H and O–H groups in total. The van der Waals surface area contributed by atoms with Crippen LogP contribution in [0.1, 0.15) is 31.1 Å². The van der Waals surface area contributed by atoms with Gasteiger partial charge in [0.2, 0.25) is 0 Å². The van der Waals surface area contributed by atoms with Gasteiger partial charge in [0.1, 0.15) is 11.9 Å². The highest BCUT2D eigenvalue weighted by atomic mass is 16.4. The van der Waals surface area contributed by atoms with Crippen molar-refractivity contribution in [1.29, 1.82) is 0 Å². The maximum atomic E-state index is 11.5. The lowest BCUT2D eigenvalue weighted by atomic mass is 9.93. The van der Waals surface area contributed by atoms with Crippen molar-refractivity contribution in [2.75, 3.05) is 0 Å². The maximum absolute atomic E-state index is 11.5. The van der Waals surface area contributed by atoms with Crippen LogP contribution in [-0.2, 0) is 4.79 Å². The van der Waals surface area contributed by atoms with E-state index in [0.29, 0.717) is 17.8 Å². The molecule has 0 bridgehead atoms. The first kappa shape index (κ1) is 9.21. The summed E-state index contributed by atoms with van der Waals surface area (Å²) >= 11 is 0. The van der Waals surface area contributed by atoms with Gasteiger partial charge >= 0.3 is 0 Å². The predicted octanol–water partition coefficient (Wildman–Crippen LogP) is 1.99. The topological polar surface area (TPSA) is 50.4 Å². The third kappa shape index (κ3) is 1.63. The molecule has 1 aliphatic carbocycles. The number of aliphatic hydroxyl groups is 1. The first-order valence-electron chi connectivity index (χ1n) is 4.74. The molecule has 0 spiro atoms. The molecule has 1 unspecified atom stereocenters. The number of carbonyl (C=O) groups excluding carboxylic acids is 1. The van der Waals surface area contributed by atoms with Crippen LogP contribution in [0.15, 0.2) is 34.5 Å². The Morgan fingerprint density at radius 3 is 3.00 bits per heavy atom. The van der Waals surface area contributed by atoms with Crippen LogP contribution in [0, 0.1) is 0 Å². The van der Waals surface area contributed by atoms with Gasteiger partial charge in [-0.3, -0.25) is 4.79 Å². The van der Waals surface area contributed by atoms with Crippen LogP contribution in [0.3, 0.4) is 0 Å². The van der Waals surface area contributed by atoms with Gasteiger partial charge in [0.25, 0.3) is 0 Å². The fraction of sp³-hybridized carbons (Fsp3) is 0.364. The van der Waals surface area contributed by atoms with Gasteiger partial charge in [0.15, 0.2) is 5.78 Å². The van der Waals surface area contributed by atoms with E-state index in [9.17, 15) is 9.90 Å². The molecule has 74 valence electrons. The Kier molecular flexibility index (Phi) is 2.50. The van der Waals surface area contributed by atoms with E-state index in [1.807, 2.05) is 0 Å². The van der Waals surface area contributed by atoms with Crippen molar-refractivity contribution in [3.63, 3.8) is 0 Å². The zero-order chi connectivity index (χ0) is 9.97. The summed E-state index contributed by atoms with van der Waals surface area (Å²) in [4.78, 5) is 11.5. The molecule has 0 saturated carbocycles. The van der Waals surface area contributed by atoms with Crippen molar-refractivity contribution in [3.05, 3.63) is 35.8 Å². The number of allylic oxidation sites excluding steroid dienone is 1. The number of furan rings is 1. The van der Waals surface area contributed by atoms with E-state index in [-0.39, 0.29) is 5.78 Å². The Balaban J connectivity index is 2.22. The molecular formula is C11H12O3. The first-order chi connectivity index (χ1) is 6.79. The molecule has 1 atom stereocenters. The fourth-order valence-corrected chi connectivity index (χ4v) is 1.64. The predicted molar refractivity (Wildman–Crippen MR) is 50.6 cm³/mol. The smallest absolute Gasteiger partial charge is 0.161 e. The fourth-order valence-electron chi connectivity index (χ4n) is 1.64. The molecule has 3 heteroatoms. The van der Waals surface area contributed by atoms with Crippen molar-refractivity contribution in [2.24, 2.45) is 0 Å². The van der Waals surface area contributed by atoms with Gasteiger partial charge in [0.05, 0.1) is 6.26 Å². The van der Waals surface area contributed by atoms with Gasteiger partial charge in [-0.05, 0) is 25.0 Å². The normalized spacial score (nSPS) is 19.2. The Morgan fingerprint density at radius 1 is 1.50 bits per heavy atom. The van der Waals surface area contributed by atoms with E-state index in [1.165, 1.54) is 6.26 Å². The maximum Gasteiger partial charge on any atom is 0.161 e. The van der Waals surface area contributed by atoms with Crippen LogP contribution < -0.4 is 0 Å². The second kappa shape index (κ2) is 3.80. The Labute approximate surface area is 82.0 Å². The molecule has 3 nitrogen and oxygen atoms in total. The third-order valence-electron chi connectivity index (χ3n) is 2.40. The molecule has 0 fully saturated rings. The summed E-state index contributed by atoms with van der Waals surface area (Å²) in [5.41, 5.74) is 0.478. The van der Waals surface area contributed by atoms with Gasteiger partial charge in [0, 0.05) is 12.0 Å². The molecular weight excluding hydrogens is 180 g/mol. The molecule has 1 aromatic rings. The molecule has 0 aliphatic heterocycles. The van der Waals surface area contributed by atoms with E-state index in [0.717, 1.165) is 12.8 Å². The number of carbonyl (C=O) groups is 1. The molecule has 1 aromatic heterocycles. The van der Waals surface area contributed by atoms with Gasteiger partial charge in [-0.1, -0.05) is 6.08 Å². The lowest BCUT2D eigenvalue weighted by Crippen LogP contribution is -2.14. The highest BCUT2D eigenvalue weighted by Crippen LogP contribution is 2.27. The monoisotopic (exact) mass is 192 g/mol. The quantitative estimate of drug-likeness (QED) is 0.779. The summed E-state index contributed by atoms with van der Waals surface area (Å²) in [6.45, 7) is 0. The minimum absolute atomic E-state index is 0.0279. The van der Waals surface area contributed by atoms with Crippen LogP contribution in [-0.4, -0.2) is 10.9 Å². The third-order valence-corrected chi connectivity index (χ3v) is 2.40. The average Bonchev–Trinajstić information content (AvgIpc) is 2.70. The summed E-state index contributed by atoms with van der Waals surface area (Å²) < 4.78 is 5.05. The van der Waals surface area contributed by atoms with Crippen molar-refractivity contribution in [2.45, 2.75) is 25.4 Å². The average molecular weight is 192 g/mol. The second-order valence-corrected chi connectivity index (χ2v) is 3.39. The van der Waals surface area contributed by atoms with E-state index in [2.05, 4.69) is 0 Å². The largest absolute Gasteiger partial charge is 0.466 e. The van der Waals surface area contributed by atoms with Crippen molar-refractivity contribution in [3.8, 4) is 0 Å². The molecule has 0 amide bonds. The van der Waals surface area contributed by atoms with Gasteiger partial charge in [-0.25, -0.2) is 0 Å². The van der Waals surface area contributed by atoms with Gasteiger partial charge in [-0.15, -0.1) is 0 Å². The summed E-state index contributed by atoms with van der Waals surface area (Å²) in [5, 5.41) is 9.82. The second-order valence-electron chi connectivity index (χ2n) is 3.39. The molecule has 1 aliphatic rings. The Morgan fingerprint density at radius 2 is 2.36 bits per heavy atom. The molecule has 0 aromatic carbocycles. The van der Waals surface area contributed by atoms with E-state index < -0.39 is 6.10 Å². The minimum atomic E-state index is -0.891. The van der Waals surface area contributed by atoms with Crippen LogP contribution in [0.4, 0.5) is 0 Å². The number of aliphatic hydroxyl groups excluding tert-OH is 1. The Hall–Kier alpha value is -1.35. The number of ketones is 1. The van der Waals surface area contributed by atoms with Crippen LogP contribution in [0.5, 0.6) is 0 Å². The summed E-state index contributed by atoms with van der Waals surface area (Å²) in [5.74, 6) is 0.464. The number of rotatable bonds is 2. The summed E-state index contributed by atoms with van der Waals surface area (Å²) in [7, 11) is 0. The lowest BCUT2D eigenvalue weighted by molar-refractivity contribution is -0.117. The van der Waals surface area contributed by atoms with E-state index in [4.69, 9.17) is 4.42 Å². The Bertz CT molecular complexity index is 349. The summed E-state index contributed by atoms with van der Waals surface area (Å²) in [6, 6.07) is 3.37. The minimum Gasteiger partial charge on any atom is -0.466 e. The highest BCUT2D eigenvalue weighted by molar-refractivity contribution is 5.96. The molecule has 0 radical (unpaired) electrons. The van der Waals surface area contributed by atoms with Crippen LogP contribution >= 0.6 is 0 Å². The van der Waals surface area contributed by atoms with E-state index in [1.54, 1.807) is 18.2 Å². The van der Waals surface area contributed by atoms with Crippen LogP contribution in [0.2, 0.25) is 0 Å². The number of Topliss-reactive ketones (excluding diaryl/α,β-unsaturated/α-hetero) is 1. The molecule has 2 rings (SSSR count). The first-order valence-corrected chi connectivity index (χ1v) is 4.74. The molecule has 0 saturated heterocycles. The summed E-state index contributed by atoms with van der Waals surface area (Å²) in [6.07, 6.45) is 4.68. The van der Waals surface area contributed by atoms with Crippen molar-refractivity contribution >= 4 is 5.78 Å². The van der Waals surface area contributed by atoms with Crippen LogP contribution in [0.25, 0.3) is 0 Å². The SMILES string of the molecule is O=C1CCCC=C1C(O)c1ccco1. The van der Waals surface area contributed by atoms with Crippen molar-refractivity contribution in [1.82, 2.24) is 0 Å². The molecule has 1 heterocycles. The van der Waals surface area contributed by atoms with Gasteiger partial charge in [-0.2, -0.15) is 0 Å². The highest BCUT2D eigenvalue weighted by Gasteiger charge is 2.23. The standard InChI is InChI=1S/C11H12O3/c12-9-5-2-1-4-8(9)11(13)10-6-3-7-14-10/h3-4,6-7,11,13H,1-2,5H2. The zero-order valence-electron chi connectivity index (χ0n) is 7.77. The zero-order valence-corrected chi connectivity index (χ0v) is 7.77.